The Morgan fingerprint density at radius 3 is 2.90 bits per heavy atom. The molecule has 2 rings (SSSR count). The Kier molecular flexibility index (Phi) is 4.89. The Hall–Kier alpha value is -1.70. The normalized spacial score (nSPS) is 14.1. The molecular formula is C15H14ClN3S. The maximum absolute atomic E-state index is 9.22. The lowest BCUT2D eigenvalue weighted by Crippen LogP contribution is -1.99. The number of nitriles is 1. The van der Waals surface area contributed by atoms with Gasteiger partial charge in [-0.25, -0.2) is 4.98 Å². The summed E-state index contributed by atoms with van der Waals surface area (Å²) < 4.78 is 0. The van der Waals surface area contributed by atoms with Crippen molar-refractivity contribution in [2.45, 2.75) is 25.8 Å². The van der Waals surface area contributed by atoms with Gasteiger partial charge in [0.1, 0.15) is 10.9 Å². The third-order valence-electron chi connectivity index (χ3n) is 2.83. The zero-order chi connectivity index (χ0) is 14.5. The maximum atomic E-state index is 9.22. The molecule has 0 N–H and O–H groups in total. The molecule has 1 aromatic heterocycles. The van der Waals surface area contributed by atoms with Crippen molar-refractivity contribution in [2.24, 2.45) is 4.99 Å². The van der Waals surface area contributed by atoms with Gasteiger partial charge in [-0.2, -0.15) is 5.26 Å². The van der Waals surface area contributed by atoms with Crippen LogP contribution in [0.25, 0.3) is 0 Å². The average molecular weight is 304 g/mol. The van der Waals surface area contributed by atoms with Crippen LogP contribution in [0.4, 0.5) is 0 Å². The molecule has 0 aliphatic rings. The SMILES string of the molecule is Cc1csc([C@H](C#N)C=N[C@@H](C)c2cccc(Cl)c2)n1. The van der Waals surface area contributed by atoms with Gasteiger partial charge in [0.05, 0.1) is 12.1 Å². The van der Waals surface area contributed by atoms with E-state index in [1.807, 2.05) is 43.5 Å². The average Bonchev–Trinajstić information content (AvgIpc) is 2.86. The molecule has 0 bridgehead atoms. The summed E-state index contributed by atoms with van der Waals surface area (Å²) >= 11 is 7.45. The lowest BCUT2D eigenvalue weighted by Gasteiger charge is -2.07. The highest BCUT2D eigenvalue weighted by Crippen LogP contribution is 2.22. The first-order valence-corrected chi connectivity index (χ1v) is 7.46. The van der Waals surface area contributed by atoms with Gasteiger partial charge in [0, 0.05) is 22.3 Å². The number of benzene rings is 1. The number of aromatic nitrogens is 1. The van der Waals surface area contributed by atoms with E-state index in [0.717, 1.165) is 16.3 Å². The molecule has 0 radical (unpaired) electrons. The molecule has 0 fully saturated rings. The van der Waals surface area contributed by atoms with Crippen LogP contribution < -0.4 is 0 Å². The molecule has 102 valence electrons. The summed E-state index contributed by atoms with van der Waals surface area (Å²) in [6.07, 6.45) is 1.67. The third-order valence-corrected chi connectivity index (χ3v) is 4.11. The van der Waals surface area contributed by atoms with E-state index in [2.05, 4.69) is 16.0 Å². The Morgan fingerprint density at radius 2 is 2.30 bits per heavy atom. The molecule has 0 saturated carbocycles. The van der Waals surface area contributed by atoms with E-state index < -0.39 is 5.92 Å². The molecule has 1 heterocycles. The van der Waals surface area contributed by atoms with Crippen LogP contribution in [-0.2, 0) is 0 Å². The molecule has 2 aromatic rings. The molecule has 3 nitrogen and oxygen atoms in total. The van der Waals surface area contributed by atoms with E-state index in [0.29, 0.717) is 5.02 Å². The predicted molar refractivity (Wildman–Crippen MR) is 83.6 cm³/mol. The van der Waals surface area contributed by atoms with Gasteiger partial charge in [-0.3, -0.25) is 4.99 Å². The van der Waals surface area contributed by atoms with Crippen molar-refractivity contribution in [1.82, 2.24) is 4.98 Å². The molecule has 0 aliphatic heterocycles. The van der Waals surface area contributed by atoms with E-state index in [4.69, 9.17) is 11.6 Å². The Balaban J connectivity index is 2.13. The number of halogens is 1. The highest BCUT2D eigenvalue weighted by Gasteiger charge is 2.12. The van der Waals surface area contributed by atoms with Gasteiger partial charge in [-0.1, -0.05) is 23.7 Å². The highest BCUT2D eigenvalue weighted by molar-refractivity contribution is 7.09. The molecule has 0 aliphatic carbocycles. The molecule has 5 heteroatoms. The Morgan fingerprint density at radius 1 is 1.50 bits per heavy atom. The van der Waals surface area contributed by atoms with Crippen molar-refractivity contribution in [1.29, 1.82) is 5.26 Å². The lowest BCUT2D eigenvalue weighted by atomic mass is 10.1. The number of thiazole rings is 1. The Labute approximate surface area is 127 Å². The van der Waals surface area contributed by atoms with Crippen molar-refractivity contribution < 1.29 is 0 Å². The third kappa shape index (κ3) is 3.66. The minimum absolute atomic E-state index is 0.0365. The van der Waals surface area contributed by atoms with E-state index in [1.165, 1.54) is 11.3 Å². The van der Waals surface area contributed by atoms with Crippen LogP contribution >= 0.6 is 22.9 Å². The van der Waals surface area contributed by atoms with Gasteiger partial charge in [0.25, 0.3) is 0 Å². The molecule has 20 heavy (non-hydrogen) atoms. The zero-order valence-electron chi connectivity index (χ0n) is 11.2. The van der Waals surface area contributed by atoms with Crippen molar-refractivity contribution >= 4 is 29.2 Å². The van der Waals surface area contributed by atoms with Gasteiger partial charge in [-0.15, -0.1) is 11.3 Å². The number of rotatable bonds is 4. The lowest BCUT2D eigenvalue weighted by molar-refractivity contribution is 0.819. The molecule has 2 atom stereocenters. The molecule has 1 aromatic carbocycles. The van der Waals surface area contributed by atoms with Crippen molar-refractivity contribution in [2.75, 3.05) is 0 Å². The number of aliphatic imine (C=N–C) groups is 1. The first-order chi connectivity index (χ1) is 9.60. The first kappa shape index (κ1) is 14.7. The van der Waals surface area contributed by atoms with E-state index >= 15 is 0 Å². The van der Waals surface area contributed by atoms with Crippen LogP contribution in [0.15, 0.2) is 34.6 Å². The van der Waals surface area contributed by atoms with Crippen LogP contribution in [0.1, 0.15) is 35.1 Å². The van der Waals surface area contributed by atoms with Crippen LogP contribution in [0.3, 0.4) is 0 Å². The Bertz CT molecular complexity index is 657. The number of hydrogen-bond acceptors (Lipinski definition) is 4. The highest BCUT2D eigenvalue weighted by atomic mass is 35.5. The summed E-state index contributed by atoms with van der Waals surface area (Å²) in [6.45, 7) is 3.89. The summed E-state index contributed by atoms with van der Waals surface area (Å²) in [5.41, 5.74) is 1.96. The fraction of sp³-hybridized carbons (Fsp3) is 0.267. The second-order valence-electron chi connectivity index (χ2n) is 4.46. The second kappa shape index (κ2) is 6.65. The number of nitrogens with zero attached hydrogens (tertiary/aromatic N) is 3. The largest absolute Gasteiger partial charge is 0.288 e. The quantitative estimate of drug-likeness (QED) is 0.778. The summed E-state index contributed by atoms with van der Waals surface area (Å²) in [5, 5.41) is 12.6. The van der Waals surface area contributed by atoms with Crippen molar-refractivity contribution in [3.63, 3.8) is 0 Å². The van der Waals surface area contributed by atoms with Crippen LogP contribution in [-0.4, -0.2) is 11.2 Å². The standard InChI is InChI=1S/C15H14ClN3S/c1-10-9-20-15(19-10)13(7-17)8-18-11(2)12-4-3-5-14(16)6-12/h3-6,8-9,11,13H,1-2H3/t11-,13+/m0/s1. The fourth-order valence-electron chi connectivity index (χ4n) is 1.74. The van der Waals surface area contributed by atoms with Gasteiger partial charge in [0.2, 0.25) is 0 Å². The number of aryl methyl sites for hydroxylation is 1. The molecule has 0 amide bonds. The number of hydrogen-bond donors (Lipinski definition) is 0. The summed E-state index contributed by atoms with van der Waals surface area (Å²) in [4.78, 5) is 8.78. The van der Waals surface area contributed by atoms with Gasteiger partial charge >= 0.3 is 0 Å². The second-order valence-corrected chi connectivity index (χ2v) is 5.79. The maximum Gasteiger partial charge on any atom is 0.133 e. The molecule has 0 unspecified atom stereocenters. The summed E-state index contributed by atoms with van der Waals surface area (Å²) in [7, 11) is 0. The topological polar surface area (TPSA) is 49.0 Å². The molecule has 0 saturated heterocycles. The predicted octanol–water partition coefficient (Wildman–Crippen LogP) is 4.54. The minimum Gasteiger partial charge on any atom is -0.288 e. The van der Waals surface area contributed by atoms with Crippen LogP contribution in [0.5, 0.6) is 0 Å². The van der Waals surface area contributed by atoms with Gasteiger partial charge in [-0.05, 0) is 31.5 Å². The van der Waals surface area contributed by atoms with Crippen molar-refractivity contribution in [3.8, 4) is 6.07 Å². The first-order valence-electron chi connectivity index (χ1n) is 6.20. The zero-order valence-corrected chi connectivity index (χ0v) is 12.8. The van der Waals surface area contributed by atoms with Gasteiger partial charge < -0.3 is 0 Å². The fourth-order valence-corrected chi connectivity index (χ4v) is 2.73. The van der Waals surface area contributed by atoms with Crippen LogP contribution in [0, 0.1) is 18.3 Å². The summed E-state index contributed by atoms with van der Waals surface area (Å²) in [6, 6.07) is 9.78. The minimum atomic E-state index is -0.393. The monoisotopic (exact) mass is 303 g/mol. The van der Waals surface area contributed by atoms with Crippen molar-refractivity contribution in [3.05, 3.63) is 50.9 Å². The smallest absolute Gasteiger partial charge is 0.133 e. The van der Waals surface area contributed by atoms with E-state index in [9.17, 15) is 5.26 Å². The van der Waals surface area contributed by atoms with Gasteiger partial charge in [0.15, 0.2) is 0 Å². The van der Waals surface area contributed by atoms with E-state index in [-0.39, 0.29) is 6.04 Å². The van der Waals surface area contributed by atoms with E-state index in [1.54, 1.807) is 6.21 Å². The molecule has 0 spiro atoms. The summed E-state index contributed by atoms with van der Waals surface area (Å²) in [5.74, 6) is -0.393. The molecular weight excluding hydrogens is 290 g/mol. The van der Waals surface area contributed by atoms with Crippen LogP contribution in [0.2, 0.25) is 5.02 Å².